The number of hydrogen-bond donors (Lipinski definition) is 0. The normalized spacial score (nSPS) is 12.4. The SMILES string of the molecule is CCCCC/C=C\C/C=C\CCCCCCCCCCCC(=O)OC[C@H](COC(=O)CCCCCCC/C=C\CCCCCCCC)OC(=O)CCCCCCCCC/C=C\C/C=C\CCCCC. The van der Waals surface area contributed by atoms with E-state index >= 15 is 0 Å². The number of unbranched alkanes of at least 4 members (excludes halogenated alkanes) is 33. The number of carbonyl (C=O) groups is 3. The molecule has 0 saturated carbocycles. The third-order valence-electron chi connectivity index (χ3n) is 13.0. The molecule has 6 heteroatoms. The fraction of sp³-hybridized carbons (Fsp3) is 0.794. The van der Waals surface area contributed by atoms with Gasteiger partial charge in [0.1, 0.15) is 13.2 Å². The molecule has 0 spiro atoms. The molecule has 0 saturated heterocycles. The summed E-state index contributed by atoms with van der Waals surface area (Å²) in [5.41, 5.74) is 0. The maximum atomic E-state index is 12.9. The van der Waals surface area contributed by atoms with E-state index in [4.69, 9.17) is 14.2 Å². The minimum atomic E-state index is -0.784. The fourth-order valence-corrected chi connectivity index (χ4v) is 8.44. The Morgan fingerprint density at radius 3 is 0.841 bits per heavy atom. The molecule has 0 unspecified atom stereocenters. The second-order valence-corrected chi connectivity index (χ2v) is 19.9. The molecule has 0 fully saturated rings. The van der Waals surface area contributed by atoms with Crippen molar-refractivity contribution in [1.82, 2.24) is 0 Å². The first-order chi connectivity index (χ1) is 34.0. The quantitative estimate of drug-likeness (QED) is 0.0262. The van der Waals surface area contributed by atoms with Crippen molar-refractivity contribution in [3.05, 3.63) is 60.8 Å². The Morgan fingerprint density at radius 2 is 0.522 bits per heavy atom. The van der Waals surface area contributed by atoms with Crippen LogP contribution >= 0.6 is 0 Å². The van der Waals surface area contributed by atoms with Gasteiger partial charge >= 0.3 is 17.9 Å². The molecule has 0 aromatic carbocycles. The molecule has 69 heavy (non-hydrogen) atoms. The molecule has 0 heterocycles. The van der Waals surface area contributed by atoms with Crippen LogP contribution in [0.15, 0.2) is 60.8 Å². The van der Waals surface area contributed by atoms with Gasteiger partial charge in [-0.3, -0.25) is 14.4 Å². The monoisotopic (exact) mass is 965 g/mol. The van der Waals surface area contributed by atoms with Crippen LogP contribution in [0.4, 0.5) is 0 Å². The first kappa shape index (κ1) is 66.1. The smallest absolute Gasteiger partial charge is 0.306 e. The highest BCUT2D eigenvalue weighted by Gasteiger charge is 2.19. The van der Waals surface area contributed by atoms with Crippen LogP contribution in [-0.2, 0) is 28.6 Å². The van der Waals surface area contributed by atoms with Crippen LogP contribution in [0.25, 0.3) is 0 Å². The van der Waals surface area contributed by atoms with Gasteiger partial charge in [0.25, 0.3) is 0 Å². The Kier molecular flexibility index (Phi) is 55.3. The molecule has 0 amide bonds. The first-order valence-electron chi connectivity index (χ1n) is 29.8. The second-order valence-electron chi connectivity index (χ2n) is 19.9. The summed E-state index contributed by atoms with van der Waals surface area (Å²) >= 11 is 0. The molecule has 0 aliphatic carbocycles. The Labute approximate surface area is 428 Å². The van der Waals surface area contributed by atoms with Crippen LogP contribution in [-0.4, -0.2) is 37.2 Å². The van der Waals surface area contributed by atoms with Crippen LogP contribution < -0.4 is 0 Å². The lowest BCUT2D eigenvalue weighted by Gasteiger charge is -2.18. The number of esters is 3. The molecule has 0 aromatic rings. The van der Waals surface area contributed by atoms with E-state index in [0.29, 0.717) is 19.3 Å². The summed E-state index contributed by atoms with van der Waals surface area (Å²) in [6.45, 7) is 6.60. The highest BCUT2D eigenvalue weighted by Crippen LogP contribution is 2.15. The summed E-state index contributed by atoms with van der Waals surface area (Å²) in [6.07, 6.45) is 72.0. The van der Waals surface area contributed by atoms with Gasteiger partial charge in [-0.25, -0.2) is 0 Å². The summed E-state index contributed by atoms with van der Waals surface area (Å²) in [5, 5.41) is 0. The zero-order chi connectivity index (χ0) is 50.0. The van der Waals surface area contributed by atoms with Gasteiger partial charge < -0.3 is 14.2 Å². The highest BCUT2D eigenvalue weighted by molar-refractivity contribution is 5.71. The number of rotatable bonds is 54. The van der Waals surface area contributed by atoms with E-state index < -0.39 is 6.10 Å². The Bertz CT molecular complexity index is 1250. The van der Waals surface area contributed by atoms with Crippen LogP contribution in [0.2, 0.25) is 0 Å². The molecule has 0 rings (SSSR count). The molecular weight excluding hydrogens is 853 g/mol. The number of ether oxygens (including phenoxy) is 3. The van der Waals surface area contributed by atoms with Gasteiger partial charge in [-0.05, 0) is 109 Å². The van der Waals surface area contributed by atoms with E-state index in [2.05, 4.69) is 81.5 Å². The topological polar surface area (TPSA) is 78.9 Å². The first-order valence-corrected chi connectivity index (χ1v) is 29.8. The van der Waals surface area contributed by atoms with E-state index in [1.165, 1.54) is 180 Å². The zero-order valence-corrected chi connectivity index (χ0v) is 45.8. The van der Waals surface area contributed by atoms with Crippen LogP contribution in [0.5, 0.6) is 0 Å². The Balaban J connectivity index is 4.39. The molecule has 0 N–H and O–H groups in total. The summed E-state index contributed by atoms with van der Waals surface area (Å²) < 4.78 is 16.9. The highest BCUT2D eigenvalue weighted by atomic mass is 16.6. The van der Waals surface area contributed by atoms with Gasteiger partial charge in [-0.2, -0.15) is 0 Å². The van der Waals surface area contributed by atoms with Crippen molar-refractivity contribution in [3.8, 4) is 0 Å². The van der Waals surface area contributed by atoms with E-state index in [9.17, 15) is 14.4 Å². The van der Waals surface area contributed by atoms with Crippen LogP contribution in [0.3, 0.4) is 0 Å². The van der Waals surface area contributed by atoms with Crippen molar-refractivity contribution in [2.75, 3.05) is 13.2 Å². The molecule has 400 valence electrons. The predicted molar refractivity (Wildman–Crippen MR) is 298 cm³/mol. The molecule has 0 aliphatic rings. The third-order valence-corrected chi connectivity index (χ3v) is 13.0. The third kappa shape index (κ3) is 55.9. The number of allylic oxidation sites excluding steroid dienone is 10. The van der Waals surface area contributed by atoms with E-state index in [-0.39, 0.29) is 31.1 Å². The molecule has 0 aromatic heterocycles. The Hall–Kier alpha value is -2.89. The lowest BCUT2D eigenvalue weighted by molar-refractivity contribution is -0.167. The molecule has 0 bridgehead atoms. The minimum Gasteiger partial charge on any atom is -0.462 e. The standard InChI is InChI=1S/C63H112O6/c1-4-7-10-13-16-19-22-25-28-30-31-33-35-38-41-44-47-50-53-56-62(65)68-59-60(58-67-61(64)55-52-49-46-43-40-37-34-27-24-21-18-15-12-9-6-3)69-63(66)57-54-51-48-45-42-39-36-32-29-26-23-20-17-14-11-8-5-2/h16-17,19-20,25-29,34,60H,4-15,18,21-24,30-33,35-59H2,1-3H3/b19-16-,20-17-,28-25-,29-26-,34-27-/t60-/m0/s1. The molecule has 1 atom stereocenters. The van der Waals surface area contributed by atoms with E-state index in [0.717, 1.165) is 83.5 Å². The second kappa shape index (κ2) is 57.7. The number of hydrogen-bond acceptors (Lipinski definition) is 6. The molecule has 0 radical (unpaired) electrons. The zero-order valence-electron chi connectivity index (χ0n) is 45.8. The van der Waals surface area contributed by atoms with Crippen molar-refractivity contribution in [3.63, 3.8) is 0 Å². The van der Waals surface area contributed by atoms with Gasteiger partial charge in [0, 0.05) is 19.3 Å². The molecule has 0 aliphatic heterocycles. The van der Waals surface area contributed by atoms with Gasteiger partial charge in [0.2, 0.25) is 0 Å². The van der Waals surface area contributed by atoms with Gasteiger partial charge in [-0.1, -0.05) is 236 Å². The van der Waals surface area contributed by atoms with Crippen molar-refractivity contribution in [2.45, 2.75) is 309 Å². The van der Waals surface area contributed by atoms with Crippen molar-refractivity contribution in [1.29, 1.82) is 0 Å². The maximum Gasteiger partial charge on any atom is 0.306 e. The summed E-state index contributed by atoms with van der Waals surface area (Å²) in [5.74, 6) is -0.889. The Morgan fingerprint density at radius 1 is 0.290 bits per heavy atom. The van der Waals surface area contributed by atoms with Gasteiger partial charge in [-0.15, -0.1) is 0 Å². The van der Waals surface area contributed by atoms with E-state index in [1.807, 2.05) is 0 Å². The van der Waals surface area contributed by atoms with Crippen molar-refractivity contribution in [2.24, 2.45) is 0 Å². The predicted octanol–water partition coefficient (Wildman–Crippen LogP) is 20.0. The average molecular weight is 966 g/mol. The summed E-state index contributed by atoms with van der Waals surface area (Å²) in [7, 11) is 0. The van der Waals surface area contributed by atoms with Gasteiger partial charge in [0.15, 0.2) is 6.10 Å². The van der Waals surface area contributed by atoms with E-state index in [1.54, 1.807) is 0 Å². The molecule has 6 nitrogen and oxygen atoms in total. The summed E-state index contributed by atoms with van der Waals surface area (Å²) in [6, 6.07) is 0. The van der Waals surface area contributed by atoms with Crippen molar-refractivity contribution < 1.29 is 28.6 Å². The average Bonchev–Trinajstić information content (AvgIpc) is 3.35. The lowest BCUT2D eigenvalue weighted by atomic mass is 10.1. The number of carbonyl (C=O) groups excluding carboxylic acids is 3. The van der Waals surface area contributed by atoms with Crippen LogP contribution in [0, 0.1) is 0 Å². The van der Waals surface area contributed by atoms with Gasteiger partial charge in [0.05, 0.1) is 0 Å². The van der Waals surface area contributed by atoms with Crippen molar-refractivity contribution >= 4 is 17.9 Å². The lowest BCUT2D eigenvalue weighted by Crippen LogP contribution is -2.30. The largest absolute Gasteiger partial charge is 0.462 e. The van der Waals surface area contributed by atoms with Crippen LogP contribution in [0.1, 0.15) is 303 Å². The molecular formula is C63H112O6. The minimum absolute atomic E-state index is 0.0812. The maximum absolute atomic E-state index is 12.9. The summed E-state index contributed by atoms with van der Waals surface area (Å²) in [4.78, 5) is 38.2. The fourth-order valence-electron chi connectivity index (χ4n) is 8.44.